The minimum absolute atomic E-state index is 0.102. The van der Waals surface area contributed by atoms with E-state index in [1.807, 2.05) is 0 Å². The number of rotatable bonds is 0. The maximum Gasteiger partial charge on any atom is 0.157 e. The summed E-state index contributed by atoms with van der Waals surface area (Å²) < 4.78 is 5.58. The largest absolute Gasteiger partial charge is 0.508 e. The molecule has 0 saturated heterocycles. The molecule has 0 aromatic heterocycles. The van der Waals surface area contributed by atoms with Crippen molar-refractivity contribution in [2.75, 3.05) is 6.61 Å². The molecule has 5 nitrogen and oxygen atoms in total. The van der Waals surface area contributed by atoms with E-state index in [4.69, 9.17) is 4.74 Å². The van der Waals surface area contributed by atoms with E-state index >= 15 is 0 Å². The average molecular weight is 286 g/mol. The Bertz CT molecular complexity index is 755. The highest BCUT2D eigenvalue weighted by Gasteiger charge is 2.50. The molecule has 1 heterocycles. The summed E-state index contributed by atoms with van der Waals surface area (Å²) in [5.74, 6) is -0.105. The summed E-state index contributed by atoms with van der Waals surface area (Å²) in [6.07, 6.45) is 0.348. The van der Waals surface area contributed by atoms with E-state index in [-0.39, 0.29) is 29.8 Å². The summed E-state index contributed by atoms with van der Waals surface area (Å²) in [4.78, 5) is 0. The fourth-order valence-corrected chi connectivity index (χ4v) is 3.46. The summed E-state index contributed by atoms with van der Waals surface area (Å²) >= 11 is 0. The molecule has 2 aromatic rings. The van der Waals surface area contributed by atoms with Gasteiger partial charge in [-0.1, -0.05) is 6.07 Å². The number of hydrogen-bond donors (Lipinski definition) is 4. The Labute approximate surface area is 120 Å². The summed E-state index contributed by atoms with van der Waals surface area (Å²) in [6.45, 7) is 0.102. The van der Waals surface area contributed by atoms with Crippen LogP contribution in [0.4, 0.5) is 0 Å². The van der Waals surface area contributed by atoms with Gasteiger partial charge in [0.05, 0.1) is 0 Å². The maximum absolute atomic E-state index is 10.9. The maximum atomic E-state index is 10.9. The second-order valence-corrected chi connectivity index (χ2v) is 5.76. The van der Waals surface area contributed by atoms with Gasteiger partial charge >= 0.3 is 0 Å². The molecule has 5 heteroatoms. The number of aromatic hydroxyl groups is 3. The monoisotopic (exact) mass is 286 g/mol. The van der Waals surface area contributed by atoms with Crippen molar-refractivity contribution >= 4 is 0 Å². The van der Waals surface area contributed by atoms with Gasteiger partial charge in [0.2, 0.25) is 0 Å². The molecule has 2 aliphatic rings. The SMILES string of the molecule is Oc1ccc2c(c1)OC[C@@]1(O)Cc3cc(O)c(O)cc3[C@H]21. The van der Waals surface area contributed by atoms with Crippen molar-refractivity contribution in [1.29, 1.82) is 0 Å². The Morgan fingerprint density at radius 2 is 1.76 bits per heavy atom. The number of phenolic OH excluding ortho intramolecular Hbond substituents is 3. The molecule has 1 aliphatic heterocycles. The van der Waals surface area contributed by atoms with Crippen molar-refractivity contribution in [1.82, 2.24) is 0 Å². The van der Waals surface area contributed by atoms with Crippen molar-refractivity contribution in [3.8, 4) is 23.0 Å². The number of benzene rings is 2. The van der Waals surface area contributed by atoms with Crippen LogP contribution in [0.2, 0.25) is 0 Å². The first kappa shape index (κ1) is 12.3. The first-order valence-electron chi connectivity index (χ1n) is 6.71. The van der Waals surface area contributed by atoms with Crippen LogP contribution < -0.4 is 4.74 Å². The van der Waals surface area contributed by atoms with Crippen LogP contribution in [0.1, 0.15) is 22.6 Å². The number of phenols is 3. The van der Waals surface area contributed by atoms with E-state index in [0.29, 0.717) is 12.2 Å². The van der Waals surface area contributed by atoms with Crippen LogP contribution in [0.25, 0.3) is 0 Å². The van der Waals surface area contributed by atoms with Gasteiger partial charge < -0.3 is 25.2 Å². The second kappa shape index (κ2) is 3.83. The standard InChI is InChI=1S/C16H14O5/c17-9-1-2-10-14(4-9)21-7-16(20)6-8-3-12(18)13(19)5-11(8)15(10)16/h1-5,15,17-20H,6-7H2/t15-,16-/m0/s1. The van der Waals surface area contributed by atoms with Gasteiger partial charge in [0.1, 0.15) is 23.7 Å². The van der Waals surface area contributed by atoms with Crippen LogP contribution in [-0.4, -0.2) is 32.6 Å². The van der Waals surface area contributed by atoms with Gasteiger partial charge in [0, 0.05) is 24.0 Å². The Kier molecular flexibility index (Phi) is 2.25. The van der Waals surface area contributed by atoms with Crippen molar-refractivity contribution in [2.24, 2.45) is 0 Å². The Hall–Kier alpha value is -2.40. The summed E-state index contributed by atoms with van der Waals surface area (Å²) in [5.41, 5.74) is 1.24. The minimum Gasteiger partial charge on any atom is -0.508 e. The molecule has 0 bridgehead atoms. The van der Waals surface area contributed by atoms with Gasteiger partial charge in [0.15, 0.2) is 11.5 Å². The van der Waals surface area contributed by atoms with Crippen molar-refractivity contribution in [3.63, 3.8) is 0 Å². The van der Waals surface area contributed by atoms with Crippen LogP contribution in [-0.2, 0) is 6.42 Å². The highest BCUT2D eigenvalue weighted by molar-refractivity contribution is 5.58. The highest BCUT2D eigenvalue weighted by atomic mass is 16.5. The molecular weight excluding hydrogens is 272 g/mol. The first-order valence-corrected chi connectivity index (χ1v) is 6.71. The van der Waals surface area contributed by atoms with E-state index in [1.54, 1.807) is 12.1 Å². The Morgan fingerprint density at radius 3 is 2.57 bits per heavy atom. The van der Waals surface area contributed by atoms with Crippen LogP contribution >= 0.6 is 0 Å². The zero-order valence-corrected chi connectivity index (χ0v) is 11.1. The Balaban J connectivity index is 1.95. The molecule has 0 fully saturated rings. The van der Waals surface area contributed by atoms with E-state index in [2.05, 4.69) is 0 Å². The molecule has 4 rings (SSSR count). The quantitative estimate of drug-likeness (QED) is 0.552. The van der Waals surface area contributed by atoms with Gasteiger partial charge in [-0.15, -0.1) is 0 Å². The molecule has 0 unspecified atom stereocenters. The van der Waals surface area contributed by atoms with E-state index in [0.717, 1.165) is 16.7 Å². The molecule has 2 aromatic carbocycles. The predicted molar refractivity (Wildman–Crippen MR) is 73.9 cm³/mol. The summed E-state index contributed by atoms with van der Waals surface area (Å²) in [7, 11) is 0. The fraction of sp³-hybridized carbons (Fsp3) is 0.250. The second-order valence-electron chi connectivity index (χ2n) is 5.76. The lowest BCUT2D eigenvalue weighted by Gasteiger charge is -2.36. The van der Waals surface area contributed by atoms with Gasteiger partial charge in [-0.05, 0) is 29.3 Å². The zero-order chi connectivity index (χ0) is 14.8. The van der Waals surface area contributed by atoms with Gasteiger partial charge in [-0.3, -0.25) is 0 Å². The molecule has 21 heavy (non-hydrogen) atoms. The molecule has 1 aliphatic carbocycles. The number of fused-ring (bicyclic) bond motifs is 5. The Morgan fingerprint density at radius 1 is 1.00 bits per heavy atom. The molecule has 108 valence electrons. The van der Waals surface area contributed by atoms with Crippen LogP contribution in [0, 0.1) is 0 Å². The smallest absolute Gasteiger partial charge is 0.157 e. The lowest BCUT2D eigenvalue weighted by atomic mass is 9.80. The number of hydrogen-bond acceptors (Lipinski definition) is 5. The van der Waals surface area contributed by atoms with Crippen molar-refractivity contribution in [3.05, 3.63) is 47.0 Å². The average Bonchev–Trinajstić information content (AvgIpc) is 2.71. The lowest BCUT2D eigenvalue weighted by molar-refractivity contribution is -0.0218. The van der Waals surface area contributed by atoms with Gasteiger partial charge in [0.25, 0.3) is 0 Å². The highest BCUT2D eigenvalue weighted by Crippen LogP contribution is 2.52. The third-order valence-electron chi connectivity index (χ3n) is 4.37. The predicted octanol–water partition coefficient (Wildman–Crippen LogP) is 1.61. The molecule has 0 amide bonds. The van der Waals surface area contributed by atoms with Crippen LogP contribution in [0.3, 0.4) is 0 Å². The summed E-state index contributed by atoms with van der Waals surface area (Å²) in [6, 6.07) is 7.77. The first-order chi connectivity index (χ1) is 9.98. The normalized spacial score (nSPS) is 25.7. The third kappa shape index (κ3) is 1.61. The van der Waals surface area contributed by atoms with Gasteiger partial charge in [-0.2, -0.15) is 0 Å². The number of aliphatic hydroxyl groups is 1. The molecule has 2 atom stereocenters. The van der Waals surface area contributed by atoms with Crippen molar-refractivity contribution in [2.45, 2.75) is 17.9 Å². The summed E-state index contributed by atoms with van der Waals surface area (Å²) in [5, 5.41) is 39.8. The molecule has 0 saturated carbocycles. The lowest BCUT2D eigenvalue weighted by Crippen LogP contribution is -2.43. The van der Waals surface area contributed by atoms with E-state index < -0.39 is 5.60 Å². The molecule has 0 spiro atoms. The van der Waals surface area contributed by atoms with E-state index in [9.17, 15) is 20.4 Å². The van der Waals surface area contributed by atoms with Crippen molar-refractivity contribution < 1.29 is 25.2 Å². The van der Waals surface area contributed by atoms with Crippen LogP contribution in [0.15, 0.2) is 30.3 Å². The minimum atomic E-state index is -1.10. The van der Waals surface area contributed by atoms with Gasteiger partial charge in [-0.25, -0.2) is 0 Å². The third-order valence-corrected chi connectivity index (χ3v) is 4.37. The fourth-order valence-electron chi connectivity index (χ4n) is 3.46. The topological polar surface area (TPSA) is 90.2 Å². The molecule has 4 N–H and O–H groups in total. The zero-order valence-electron chi connectivity index (χ0n) is 11.1. The van der Waals surface area contributed by atoms with E-state index in [1.165, 1.54) is 18.2 Å². The van der Waals surface area contributed by atoms with Crippen LogP contribution in [0.5, 0.6) is 23.0 Å². The molecule has 0 radical (unpaired) electrons. The molecular formula is C16H14O5. The number of ether oxygens (including phenoxy) is 1.